The Morgan fingerprint density at radius 3 is 2.82 bits per heavy atom. The highest BCUT2D eigenvalue weighted by Gasteiger charge is 2.27. The van der Waals surface area contributed by atoms with E-state index in [4.69, 9.17) is 0 Å². The molecule has 1 atom stereocenters. The van der Waals surface area contributed by atoms with Crippen molar-refractivity contribution in [3.8, 4) is 5.75 Å². The SMILES string of the molecule is O=S1(=O)CC[C@@H](N/N=C\c2ccccc2O)C1. The third-order valence-electron chi connectivity index (χ3n) is 2.63. The first-order valence-electron chi connectivity index (χ1n) is 5.34. The number of nitrogens with zero attached hydrogens (tertiary/aromatic N) is 1. The zero-order valence-corrected chi connectivity index (χ0v) is 10.0. The van der Waals surface area contributed by atoms with Crippen molar-refractivity contribution in [3.63, 3.8) is 0 Å². The fourth-order valence-electron chi connectivity index (χ4n) is 1.71. The zero-order valence-electron chi connectivity index (χ0n) is 9.20. The molecule has 0 aliphatic carbocycles. The van der Waals surface area contributed by atoms with E-state index in [2.05, 4.69) is 10.5 Å². The molecule has 6 heteroatoms. The van der Waals surface area contributed by atoms with Gasteiger partial charge in [0.1, 0.15) is 5.75 Å². The van der Waals surface area contributed by atoms with E-state index < -0.39 is 9.84 Å². The zero-order chi connectivity index (χ0) is 12.3. The number of aromatic hydroxyl groups is 1. The van der Waals surface area contributed by atoms with Crippen LogP contribution < -0.4 is 5.43 Å². The highest BCUT2D eigenvalue weighted by molar-refractivity contribution is 7.91. The van der Waals surface area contributed by atoms with Gasteiger partial charge in [-0.15, -0.1) is 0 Å². The van der Waals surface area contributed by atoms with Crippen LogP contribution >= 0.6 is 0 Å². The van der Waals surface area contributed by atoms with Crippen LogP contribution in [0.1, 0.15) is 12.0 Å². The van der Waals surface area contributed by atoms with E-state index in [1.54, 1.807) is 24.3 Å². The number of hydrogen-bond acceptors (Lipinski definition) is 5. The van der Waals surface area contributed by atoms with Gasteiger partial charge in [-0.2, -0.15) is 5.10 Å². The molecule has 0 unspecified atom stereocenters. The maximum atomic E-state index is 11.2. The van der Waals surface area contributed by atoms with Gasteiger partial charge in [0.2, 0.25) is 0 Å². The van der Waals surface area contributed by atoms with E-state index >= 15 is 0 Å². The average molecular weight is 254 g/mol. The molecule has 1 aromatic rings. The van der Waals surface area contributed by atoms with Crippen molar-refractivity contribution in [2.75, 3.05) is 11.5 Å². The Morgan fingerprint density at radius 2 is 2.18 bits per heavy atom. The number of benzene rings is 1. The van der Waals surface area contributed by atoms with Crippen LogP contribution in [0.2, 0.25) is 0 Å². The average Bonchev–Trinajstić information content (AvgIpc) is 2.61. The Hall–Kier alpha value is -1.56. The van der Waals surface area contributed by atoms with Gasteiger partial charge in [-0.1, -0.05) is 12.1 Å². The number of hydrazone groups is 1. The molecule has 5 nitrogen and oxygen atoms in total. The van der Waals surface area contributed by atoms with Crippen molar-refractivity contribution >= 4 is 16.1 Å². The largest absolute Gasteiger partial charge is 0.507 e. The monoisotopic (exact) mass is 254 g/mol. The van der Waals surface area contributed by atoms with E-state index in [0.717, 1.165) is 0 Å². The lowest BCUT2D eigenvalue weighted by atomic mass is 10.2. The molecule has 0 saturated carbocycles. The van der Waals surface area contributed by atoms with E-state index in [1.807, 2.05) is 0 Å². The molecule has 2 N–H and O–H groups in total. The first-order chi connectivity index (χ1) is 8.07. The van der Waals surface area contributed by atoms with Gasteiger partial charge >= 0.3 is 0 Å². The molecule has 1 fully saturated rings. The summed E-state index contributed by atoms with van der Waals surface area (Å²) in [5, 5.41) is 13.4. The predicted molar refractivity (Wildman–Crippen MR) is 65.9 cm³/mol. The topological polar surface area (TPSA) is 78.8 Å². The summed E-state index contributed by atoms with van der Waals surface area (Å²) in [6, 6.07) is 6.69. The van der Waals surface area contributed by atoms with Gasteiger partial charge in [-0.05, 0) is 18.6 Å². The number of rotatable bonds is 3. The standard InChI is InChI=1S/C11H14N2O3S/c14-11-4-2-1-3-9(11)7-12-13-10-5-6-17(15,16)8-10/h1-4,7,10,13-14H,5-6,8H2/b12-7-/t10-/m1/s1. The Labute approximate surface area is 100 Å². The number of hydrogen-bond donors (Lipinski definition) is 2. The van der Waals surface area contributed by atoms with Crippen LogP contribution in [0.25, 0.3) is 0 Å². The smallest absolute Gasteiger partial charge is 0.152 e. The molecule has 1 aliphatic heterocycles. The van der Waals surface area contributed by atoms with E-state index in [1.165, 1.54) is 6.21 Å². The highest BCUT2D eigenvalue weighted by atomic mass is 32.2. The summed E-state index contributed by atoms with van der Waals surface area (Å²) in [6.07, 6.45) is 2.07. The molecule has 17 heavy (non-hydrogen) atoms. The molecule has 1 aliphatic rings. The van der Waals surface area contributed by atoms with Crippen LogP contribution in [0, 0.1) is 0 Å². The fourth-order valence-corrected chi connectivity index (χ4v) is 3.37. The Balaban J connectivity index is 1.93. The Morgan fingerprint density at radius 1 is 1.41 bits per heavy atom. The molecule has 2 rings (SSSR count). The third-order valence-corrected chi connectivity index (χ3v) is 4.40. The number of nitrogens with one attached hydrogen (secondary N) is 1. The van der Waals surface area contributed by atoms with Crippen LogP contribution in [0.5, 0.6) is 5.75 Å². The summed E-state index contributed by atoms with van der Waals surface area (Å²) in [6.45, 7) is 0. The van der Waals surface area contributed by atoms with Crippen LogP contribution in [0.4, 0.5) is 0 Å². The van der Waals surface area contributed by atoms with E-state index in [-0.39, 0.29) is 23.3 Å². The molecule has 1 aromatic carbocycles. The van der Waals surface area contributed by atoms with Gasteiger partial charge in [-0.3, -0.25) is 0 Å². The molecule has 1 saturated heterocycles. The Bertz CT molecular complexity index is 525. The molecule has 0 aromatic heterocycles. The lowest BCUT2D eigenvalue weighted by Gasteiger charge is -2.05. The van der Waals surface area contributed by atoms with Crippen molar-refractivity contribution in [1.82, 2.24) is 5.43 Å². The minimum Gasteiger partial charge on any atom is -0.507 e. The second kappa shape index (κ2) is 4.75. The maximum Gasteiger partial charge on any atom is 0.152 e. The molecule has 0 bridgehead atoms. The molecular formula is C11H14N2O3S. The first kappa shape index (κ1) is 11.9. The van der Waals surface area contributed by atoms with E-state index in [9.17, 15) is 13.5 Å². The minimum absolute atomic E-state index is 0.123. The van der Waals surface area contributed by atoms with Crippen molar-refractivity contribution in [2.24, 2.45) is 5.10 Å². The van der Waals surface area contributed by atoms with Crippen LogP contribution in [0.15, 0.2) is 29.4 Å². The predicted octanol–water partition coefficient (Wildman–Crippen LogP) is 0.503. The molecule has 0 radical (unpaired) electrons. The third kappa shape index (κ3) is 3.20. The second-order valence-corrected chi connectivity index (χ2v) is 6.27. The molecular weight excluding hydrogens is 240 g/mol. The highest BCUT2D eigenvalue weighted by Crippen LogP contribution is 2.13. The lowest BCUT2D eigenvalue weighted by molar-refractivity contribution is 0.474. The fraction of sp³-hybridized carbons (Fsp3) is 0.364. The number of sulfone groups is 1. The summed E-state index contributed by atoms with van der Waals surface area (Å²) in [4.78, 5) is 0. The summed E-state index contributed by atoms with van der Waals surface area (Å²) in [5.41, 5.74) is 3.39. The molecule has 1 heterocycles. The van der Waals surface area contributed by atoms with Crippen molar-refractivity contribution in [3.05, 3.63) is 29.8 Å². The second-order valence-electron chi connectivity index (χ2n) is 4.05. The van der Waals surface area contributed by atoms with Gasteiger partial charge in [0.15, 0.2) is 9.84 Å². The summed E-state index contributed by atoms with van der Waals surface area (Å²) < 4.78 is 22.4. The van der Waals surface area contributed by atoms with Crippen molar-refractivity contribution in [1.29, 1.82) is 0 Å². The number of phenolic OH excluding ortho intramolecular Hbond substituents is 1. The maximum absolute atomic E-state index is 11.2. The van der Waals surface area contributed by atoms with Gasteiger partial charge in [0, 0.05) is 5.56 Å². The van der Waals surface area contributed by atoms with Gasteiger partial charge in [0.25, 0.3) is 0 Å². The lowest BCUT2D eigenvalue weighted by Crippen LogP contribution is -2.25. The molecule has 0 spiro atoms. The summed E-state index contributed by atoms with van der Waals surface area (Å²) in [5.74, 6) is 0.499. The van der Waals surface area contributed by atoms with Crippen molar-refractivity contribution in [2.45, 2.75) is 12.5 Å². The van der Waals surface area contributed by atoms with Gasteiger partial charge in [0.05, 0.1) is 23.8 Å². The minimum atomic E-state index is -2.88. The summed E-state index contributed by atoms with van der Waals surface area (Å²) in [7, 11) is -2.88. The normalized spacial score (nSPS) is 22.9. The summed E-state index contributed by atoms with van der Waals surface area (Å²) >= 11 is 0. The van der Waals surface area contributed by atoms with Crippen molar-refractivity contribution < 1.29 is 13.5 Å². The Kier molecular flexibility index (Phi) is 3.33. The van der Waals surface area contributed by atoms with Crippen LogP contribution in [-0.2, 0) is 9.84 Å². The van der Waals surface area contributed by atoms with Gasteiger partial charge in [-0.25, -0.2) is 8.42 Å². The quantitative estimate of drug-likeness (QED) is 0.608. The van der Waals surface area contributed by atoms with Gasteiger partial charge < -0.3 is 10.5 Å². The van der Waals surface area contributed by atoms with Crippen LogP contribution in [0.3, 0.4) is 0 Å². The first-order valence-corrected chi connectivity index (χ1v) is 7.16. The van der Waals surface area contributed by atoms with E-state index in [0.29, 0.717) is 12.0 Å². The molecule has 0 amide bonds. The molecule has 92 valence electrons. The number of para-hydroxylation sites is 1. The van der Waals surface area contributed by atoms with Crippen LogP contribution in [-0.4, -0.2) is 37.3 Å². The number of phenols is 1.